The van der Waals surface area contributed by atoms with Crippen LogP contribution in [0.2, 0.25) is 0 Å². The predicted octanol–water partition coefficient (Wildman–Crippen LogP) is 3.62. The van der Waals surface area contributed by atoms with Gasteiger partial charge in [-0.1, -0.05) is 12.1 Å². The monoisotopic (exact) mass is 300 g/mol. The number of carbonyl (C=O) groups excluding carboxylic acids is 1. The van der Waals surface area contributed by atoms with Gasteiger partial charge in [-0.2, -0.15) is 0 Å². The zero-order chi connectivity index (χ0) is 15.2. The quantitative estimate of drug-likeness (QED) is 0.848. The molecule has 2 saturated heterocycles. The first-order valence-electron chi connectivity index (χ1n) is 8.94. The molecule has 2 fully saturated rings. The third-order valence-electron chi connectivity index (χ3n) is 4.99. The number of rotatable bonds is 4. The molecular weight excluding hydrogens is 272 g/mol. The minimum Gasteiger partial charge on any atom is -0.372 e. The fraction of sp³-hybridized carbons (Fsp3) is 0.632. The van der Waals surface area contributed by atoms with Gasteiger partial charge in [0.2, 0.25) is 5.91 Å². The number of aryl methyl sites for hydroxylation is 1. The van der Waals surface area contributed by atoms with E-state index in [0.29, 0.717) is 12.3 Å². The second kappa shape index (κ2) is 7.66. The maximum absolute atomic E-state index is 12.2. The standard InChI is InChI=1S/C19H28N2O/c22-19(21-15-5-2-6-16-21)12-9-17-7-10-18(11-8-17)20-13-3-1-4-14-20/h7-8,10-11H,1-6,9,12-16H2. The maximum Gasteiger partial charge on any atom is 0.222 e. The van der Waals surface area contributed by atoms with Gasteiger partial charge in [-0.3, -0.25) is 4.79 Å². The molecular formula is C19H28N2O. The van der Waals surface area contributed by atoms with Crippen molar-refractivity contribution in [1.82, 2.24) is 4.90 Å². The molecule has 0 atom stereocenters. The summed E-state index contributed by atoms with van der Waals surface area (Å²) in [6, 6.07) is 8.86. The van der Waals surface area contributed by atoms with Crippen LogP contribution >= 0.6 is 0 Å². The van der Waals surface area contributed by atoms with Crippen LogP contribution in [0.1, 0.15) is 50.5 Å². The fourth-order valence-electron chi connectivity index (χ4n) is 3.58. The Bertz CT molecular complexity index is 471. The molecule has 0 bridgehead atoms. The van der Waals surface area contributed by atoms with E-state index in [1.54, 1.807) is 0 Å². The van der Waals surface area contributed by atoms with Crippen LogP contribution in [-0.2, 0) is 11.2 Å². The lowest BCUT2D eigenvalue weighted by atomic mass is 10.1. The molecule has 1 aromatic carbocycles. The van der Waals surface area contributed by atoms with Gasteiger partial charge >= 0.3 is 0 Å². The zero-order valence-electron chi connectivity index (χ0n) is 13.6. The second-order valence-corrected chi connectivity index (χ2v) is 6.66. The largest absolute Gasteiger partial charge is 0.372 e. The minimum absolute atomic E-state index is 0.333. The summed E-state index contributed by atoms with van der Waals surface area (Å²) in [5.74, 6) is 0.333. The van der Waals surface area contributed by atoms with Crippen LogP contribution in [0.4, 0.5) is 5.69 Å². The molecule has 2 aliphatic rings. The third-order valence-corrected chi connectivity index (χ3v) is 4.99. The van der Waals surface area contributed by atoms with E-state index in [1.807, 2.05) is 4.90 Å². The summed E-state index contributed by atoms with van der Waals surface area (Å²) in [7, 11) is 0. The molecule has 0 aliphatic carbocycles. The normalized spacial score (nSPS) is 19.3. The summed E-state index contributed by atoms with van der Waals surface area (Å²) in [4.78, 5) is 16.7. The van der Waals surface area contributed by atoms with Crippen molar-refractivity contribution in [2.45, 2.75) is 51.4 Å². The van der Waals surface area contributed by atoms with Crippen molar-refractivity contribution in [3.8, 4) is 0 Å². The lowest BCUT2D eigenvalue weighted by Gasteiger charge is -2.29. The van der Waals surface area contributed by atoms with Crippen molar-refractivity contribution in [1.29, 1.82) is 0 Å². The Kier molecular flexibility index (Phi) is 5.36. The van der Waals surface area contributed by atoms with E-state index in [0.717, 1.165) is 19.5 Å². The minimum atomic E-state index is 0.333. The number of hydrogen-bond acceptors (Lipinski definition) is 2. The van der Waals surface area contributed by atoms with E-state index in [1.165, 1.54) is 62.9 Å². The van der Waals surface area contributed by atoms with Gasteiger partial charge in [0, 0.05) is 38.3 Å². The highest BCUT2D eigenvalue weighted by atomic mass is 16.2. The van der Waals surface area contributed by atoms with Gasteiger partial charge in [-0.05, 0) is 62.6 Å². The van der Waals surface area contributed by atoms with Crippen LogP contribution in [0.5, 0.6) is 0 Å². The number of hydrogen-bond donors (Lipinski definition) is 0. The second-order valence-electron chi connectivity index (χ2n) is 6.66. The van der Waals surface area contributed by atoms with Crippen LogP contribution < -0.4 is 4.90 Å². The lowest BCUT2D eigenvalue weighted by molar-refractivity contribution is -0.132. The average molecular weight is 300 g/mol. The SMILES string of the molecule is O=C(CCc1ccc(N2CCCCC2)cc1)N1CCCCC1. The predicted molar refractivity (Wildman–Crippen MR) is 91.3 cm³/mol. The van der Waals surface area contributed by atoms with Gasteiger partial charge in [0.1, 0.15) is 0 Å². The Labute approximate surface area is 134 Å². The Balaban J connectivity index is 1.49. The Hall–Kier alpha value is -1.51. The Morgan fingerprint density at radius 2 is 1.41 bits per heavy atom. The van der Waals surface area contributed by atoms with Crippen LogP contribution in [0.25, 0.3) is 0 Å². The number of carbonyl (C=O) groups is 1. The number of anilines is 1. The number of piperidine rings is 2. The topological polar surface area (TPSA) is 23.6 Å². The molecule has 0 aromatic heterocycles. The van der Waals surface area contributed by atoms with Crippen molar-refractivity contribution in [3.05, 3.63) is 29.8 Å². The summed E-state index contributed by atoms with van der Waals surface area (Å²) in [5.41, 5.74) is 2.62. The van der Waals surface area contributed by atoms with Crippen molar-refractivity contribution >= 4 is 11.6 Å². The van der Waals surface area contributed by atoms with E-state index in [9.17, 15) is 4.79 Å². The highest BCUT2D eigenvalue weighted by Crippen LogP contribution is 2.21. The molecule has 2 aliphatic heterocycles. The van der Waals surface area contributed by atoms with Crippen LogP contribution in [0.3, 0.4) is 0 Å². The highest BCUT2D eigenvalue weighted by molar-refractivity contribution is 5.76. The molecule has 1 aromatic rings. The van der Waals surface area contributed by atoms with Gasteiger partial charge in [-0.15, -0.1) is 0 Å². The molecule has 22 heavy (non-hydrogen) atoms. The van der Waals surface area contributed by atoms with Gasteiger partial charge in [0.25, 0.3) is 0 Å². The Morgan fingerprint density at radius 1 is 0.818 bits per heavy atom. The molecule has 0 spiro atoms. The molecule has 1 amide bonds. The maximum atomic E-state index is 12.2. The van der Waals surface area contributed by atoms with Crippen LogP contribution in [0, 0.1) is 0 Å². The Morgan fingerprint density at radius 3 is 2.05 bits per heavy atom. The van der Waals surface area contributed by atoms with Crippen molar-refractivity contribution < 1.29 is 4.79 Å². The first kappa shape index (κ1) is 15.4. The van der Waals surface area contributed by atoms with E-state index in [4.69, 9.17) is 0 Å². The number of likely N-dealkylation sites (tertiary alicyclic amines) is 1. The third kappa shape index (κ3) is 4.02. The van der Waals surface area contributed by atoms with E-state index in [-0.39, 0.29) is 0 Å². The van der Waals surface area contributed by atoms with Gasteiger partial charge in [0.15, 0.2) is 0 Å². The molecule has 120 valence electrons. The summed E-state index contributed by atoms with van der Waals surface area (Å²) < 4.78 is 0. The molecule has 0 saturated carbocycles. The molecule has 3 nitrogen and oxygen atoms in total. The van der Waals surface area contributed by atoms with Gasteiger partial charge in [0.05, 0.1) is 0 Å². The molecule has 3 rings (SSSR count). The van der Waals surface area contributed by atoms with Crippen LogP contribution in [0.15, 0.2) is 24.3 Å². The first-order valence-corrected chi connectivity index (χ1v) is 8.94. The molecule has 0 N–H and O–H groups in total. The highest BCUT2D eigenvalue weighted by Gasteiger charge is 2.16. The van der Waals surface area contributed by atoms with E-state index < -0.39 is 0 Å². The molecule has 3 heteroatoms. The van der Waals surface area contributed by atoms with E-state index in [2.05, 4.69) is 29.2 Å². The number of nitrogens with zero attached hydrogens (tertiary/aromatic N) is 2. The van der Waals surface area contributed by atoms with Gasteiger partial charge < -0.3 is 9.80 Å². The average Bonchev–Trinajstić information content (AvgIpc) is 2.61. The van der Waals surface area contributed by atoms with Crippen LogP contribution in [-0.4, -0.2) is 37.0 Å². The summed E-state index contributed by atoms with van der Waals surface area (Å²) in [6.07, 6.45) is 9.15. The van der Waals surface area contributed by atoms with Gasteiger partial charge in [-0.25, -0.2) is 0 Å². The van der Waals surface area contributed by atoms with E-state index >= 15 is 0 Å². The first-order chi connectivity index (χ1) is 10.8. The molecule has 0 unspecified atom stereocenters. The summed E-state index contributed by atoms with van der Waals surface area (Å²) in [5, 5.41) is 0. The van der Waals surface area contributed by atoms with Crippen molar-refractivity contribution in [2.75, 3.05) is 31.1 Å². The fourth-order valence-corrected chi connectivity index (χ4v) is 3.58. The summed E-state index contributed by atoms with van der Waals surface area (Å²) >= 11 is 0. The number of benzene rings is 1. The van der Waals surface area contributed by atoms with Crippen molar-refractivity contribution in [2.24, 2.45) is 0 Å². The summed E-state index contributed by atoms with van der Waals surface area (Å²) in [6.45, 7) is 4.30. The lowest BCUT2D eigenvalue weighted by Crippen LogP contribution is -2.35. The van der Waals surface area contributed by atoms with Crippen molar-refractivity contribution in [3.63, 3.8) is 0 Å². The number of amides is 1. The molecule has 0 radical (unpaired) electrons. The molecule has 2 heterocycles. The zero-order valence-corrected chi connectivity index (χ0v) is 13.6. The smallest absolute Gasteiger partial charge is 0.222 e.